The first kappa shape index (κ1) is 20.2. The molecule has 0 aromatic heterocycles. The molecule has 3 aromatic rings. The fourth-order valence-corrected chi connectivity index (χ4v) is 2.69. The van der Waals surface area contributed by atoms with Crippen LogP contribution in [-0.4, -0.2) is 24.3 Å². The van der Waals surface area contributed by atoms with Crippen molar-refractivity contribution in [1.82, 2.24) is 5.43 Å². The number of amides is 1. The minimum absolute atomic E-state index is 0.0917. The van der Waals surface area contributed by atoms with Crippen molar-refractivity contribution in [2.45, 2.75) is 6.61 Å². The molecular weight excluding hydrogens is 392 g/mol. The van der Waals surface area contributed by atoms with Gasteiger partial charge < -0.3 is 14.6 Å². The normalized spacial score (nSPS) is 10.7. The number of hydrogen-bond acceptors (Lipinski definition) is 5. The Labute approximate surface area is 173 Å². The summed E-state index contributed by atoms with van der Waals surface area (Å²) in [6, 6.07) is 18.7. The first-order valence-corrected chi connectivity index (χ1v) is 9.11. The van der Waals surface area contributed by atoms with E-state index >= 15 is 0 Å². The quantitative estimate of drug-likeness (QED) is 0.447. The van der Waals surface area contributed by atoms with E-state index in [0.717, 1.165) is 11.1 Å². The van der Waals surface area contributed by atoms with Gasteiger partial charge in [0, 0.05) is 16.1 Å². The number of carbonyl (C=O) groups excluding carboxylic acids is 1. The van der Waals surface area contributed by atoms with Crippen LogP contribution in [0.2, 0.25) is 5.02 Å². The highest BCUT2D eigenvalue weighted by molar-refractivity contribution is 6.31. The molecular formula is C22H19ClN2O4. The summed E-state index contributed by atoms with van der Waals surface area (Å²) in [6.07, 6.45) is 1.50. The Morgan fingerprint density at radius 2 is 1.86 bits per heavy atom. The summed E-state index contributed by atoms with van der Waals surface area (Å²) >= 11 is 6.15. The van der Waals surface area contributed by atoms with E-state index in [4.69, 9.17) is 21.1 Å². The van der Waals surface area contributed by atoms with Crippen LogP contribution in [0.3, 0.4) is 0 Å². The van der Waals surface area contributed by atoms with Gasteiger partial charge in [-0.1, -0.05) is 29.8 Å². The van der Waals surface area contributed by atoms with Crippen LogP contribution in [0.4, 0.5) is 0 Å². The largest absolute Gasteiger partial charge is 0.508 e. The number of nitrogens with zero attached hydrogens (tertiary/aromatic N) is 1. The SMILES string of the molecule is COc1cc(/C=N\NC(=O)c2ccc(O)cc2)ccc1OCc1ccccc1Cl. The van der Waals surface area contributed by atoms with E-state index in [-0.39, 0.29) is 11.7 Å². The molecule has 0 aliphatic carbocycles. The van der Waals surface area contributed by atoms with Crippen LogP contribution in [0.25, 0.3) is 0 Å². The van der Waals surface area contributed by atoms with Crippen LogP contribution in [-0.2, 0) is 6.61 Å². The molecule has 3 aromatic carbocycles. The number of ether oxygens (including phenoxy) is 2. The molecule has 7 heteroatoms. The van der Waals surface area contributed by atoms with Crippen LogP contribution in [0.15, 0.2) is 71.8 Å². The molecule has 0 atom stereocenters. The average molecular weight is 411 g/mol. The van der Waals surface area contributed by atoms with E-state index in [1.54, 1.807) is 25.3 Å². The zero-order valence-corrected chi connectivity index (χ0v) is 16.4. The number of hydrogen-bond donors (Lipinski definition) is 2. The number of phenolic OH excluding ortho intramolecular Hbond substituents is 1. The minimum Gasteiger partial charge on any atom is -0.508 e. The second-order valence-corrected chi connectivity index (χ2v) is 6.44. The van der Waals surface area contributed by atoms with Crippen molar-refractivity contribution in [1.29, 1.82) is 0 Å². The van der Waals surface area contributed by atoms with Crippen LogP contribution >= 0.6 is 11.6 Å². The van der Waals surface area contributed by atoms with Gasteiger partial charge in [-0.3, -0.25) is 4.79 Å². The molecule has 1 amide bonds. The smallest absolute Gasteiger partial charge is 0.271 e. The van der Waals surface area contributed by atoms with E-state index in [9.17, 15) is 9.90 Å². The summed E-state index contributed by atoms with van der Waals surface area (Å²) in [7, 11) is 1.55. The molecule has 0 radical (unpaired) electrons. The number of rotatable bonds is 7. The molecule has 0 aliphatic heterocycles. The van der Waals surface area contributed by atoms with Gasteiger partial charge >= 0.3 is 0 Å². The Balaban J connectivity index is 1.63. The lowest BCUT2D eigenvalue weighted by Crippen LogP contribution is -2.17. The maximum absolute atomic E-state index is 12.0. The predicted molar refractivity (Wildman–Crippen MR) is 112 cm³/mol. The molecule has 0 saturated heterocycles. The molecule has 6 nitrogen and oxygen atoms in total. The molecule has 0 unspecified atom stereocenters. The Bertz CT molecular complexity index is 1020. The molecule has 3 rings (SSSR count). The van der Waals surface area contributed by atoms with Crippen molar-refractivity contribution in [3.05, 3.63) is 88.4 Å². The Hall–Kier alpha value is -3.51. The van der Waals surface area contributed by atoms with Gasteiger partial charge in [-0.2, -0.15) is 5.10 Å². The van der Waals surface area contributed by atoms with Gasteiger partial charge in [0.2, 0.25) is 0 Å². The zero-order valence-electron chi connectivity index (χ0n) is 15.6. The van der Waals surface area contributed by atoms with Crippen LogP contribution in [0.5, 0.6) is 17.2 Å². The van der Waals surface area contributed by atoms with Gasteiger partial charge in [0.25, 0.3) is 5.91 Å². The fraction of sp³-hybridized carbons (Fsp3) is 0.0909. The number of halogens is 1. The standard InChI is InChI=1S/C22H19ClN2O4/c1-28-21-12-15(13-24-25-22(27)16-7-9-18(26)10-8-16)6-11-20(21)29-14-17-4-2-3-5-19(17)23/h2-13,26H,14H2,1H3,(H,25,27)/b24-13-. The van der Waals surface area contributed by atoms with Crippen molar-refractivity contribution in [2.75, 3.05) is 7.11 Å². The zero-order chi connectivity index (χ0) is 20.6. The summed E-state index contributed by atoms with van der Waals surface area (Å²) in [5.74, 6) is 0.811. The Morgan fingerprint density at radius 1 is 1.10 bits per heavy atom. The molecule has 0 saturated carbocycles. The highest BCUT2D eigenvalue weighted by Gasteiger charge is 2.08. The average Bonchev–Trinajstić information content (AvgIpc) is 2.74. The van der Waals surface area contributed by atoms with Crippen molar-refractivity contribution in [3.63, 3.8) is 0 Å². The third-order valence-electron chi connectivity index (χ3n) is 4.04. The number of methoxy groups -OCH3 is 1. The first-order chi connectivity index (χ1) is 14.1. The van der Waals surface area contributed by atoms with Gasteiger partial charge in [0.05, 0.1) is 13.3 Å². The van der Waals surface area contributed by atoms with Crippen molar-refractivity contribution in [3.8, 4) is 17.2 Å². The maximum Gasteiger partial charge on any atom is 0.271 e. The second kappa shape index (κ2) is 9.61. The van der Waals surface area contributed by atoms with Gasteiger partial charge in [0.15, 0.2) is 11.5 Å². The van der Waals surface area contributed by atoms with E-state index in [1.165, 1.54) is 30.5 Å². The minimum atomic E-state index is -0.382. The summed E-state index contributed by atoms with van der Waals surface area (Å²) in [5, 5.41) is 13.8. The second-order valence-electron chi connectivity index (χ2n) is 6.04. The van der Waals surface area contributed by atoms with Gasteiger partial charge in [0.1, 0.15) is 12.4 Å². The molecule has 0 heterocycles. The number of aromatic hydroxyl groups is 1. The van der Waals surface area contributed by atoms with Crippen molar-refractivity contribution in [2.24, 2.45) is 5.10 Å². The lowest BCUT2D eigenvalue weighted by Gasteiger charge is -2.12. The predicted octanol–water partition coefficient (Wildman–Crippen LogP) is 4.40. The third kappa shape index (κ3) is 5.49. The van der Waals surface area contributed by atoms with E-state index in [1.807, 2.05) is 24.3 Å². The summed E-state index contributed by atoms with van der Waals surface area (Å²) in [5.41, 5.74) is 4.42. The molecule has 29 heavy (non-hydrogen) atoms. The molecule has 0 fully saturated rings. The number of phenols is 1. The Morgan fingerprint density at radius 3 is 2.59 bits per heavy atom. The van der Waals surface area contributed by atoms with E-state index < -0.39 is 0 Å². The summed E-state index contributed by atoms with van der Waals surface area (Å²) in [4.78, 5) is 12.0. The van der Waals surface area contributed by atoms with Gasteiger partial charge in [-0.25, -0.2) is 5.43 Å². The number of hydrazone groups is 1. The van der Waals surface area contributed by atoms with Gasteiger partial charge in [-0.05, 0) is 54.1 Å². The number of nitrogens with one attached hydrogen (secondary N) is 1. The Kier molecular flexibility index (Phi) is 6.71. The number of benzene rings is 3. The molecule has 0 spiro atoms. The number of carbonyl (C=O) groups is 1. The van der Waals surface area contributed by atoms with Crippen molar-refractivity contribution < 1.29 is 19.4 Å². The first-order valence-electron chi connectivity index (χ1n) is 8.73. The summed E-state index contributed by atoms with van der Waals surface area (Å²) in [6.45, 7) is 0.312. The highest BCUT2D eigenvalue weighted by atomic mass is 35.5. The van der Waals surface area contributed by atoms with E-state index in [2.05, 4.69) is 10.5 Å². The topological polar surface area (TPSA) is 80.2 Å². The molecule has 0 aliphatic rings. The summed E-state index contributed by atoms with van der Waals surface area (Å²) < 4.78 is 11.2. The lowest BCUT2D eigenvalue weighted by atomic mass is 10.2. The van der Waals surface area contributed by atoms with Crippen LogP contribution < -0.4 is 14.9 Å². The third-order valence-corrected chi connectivity index (χ3v) is 4.41. The molecule has 0 bridgehead atoms. The van der Waals surface area contributed by atoms with E-state index in [0.29, 0.717) is 28.7 Å². The maximum atomic E-state index is 12.0. The monoisotopic (exact) mass is 410 g/mol. The van der Waals surface area contributed by atoms with Crippen molar-refractivity contribution >= 4 is 23.7 Å². The highest BCUT2D eigenvalue weighted by Crippen LogP contribution is 2.29. The van der Waals surface area contributed by atoms with Gasteiger partial charge in [-0.15, -0.1) is 0 Å². The fourth-order valence-electron chi connectivity index (χ4n) is 2.50. The lowest BCUT2D eigenvalue weighted by molar-refractivity contribution is 0.0955. The molecule has 2 N–H and O–H groups in total. The van der Waals surface area contributed by atoms with Crippen LogP contribution in [0.1, 0.15) is 21.5 Å². The molecule has 148 valence electrons. The van der Waals surface area contributed by atoms with Crippen LogP contribution in [0, 0.1) is 0 Å².